The van der Waals surface area contributed by atoms with Gasteiger partial charge in [-0.15, -0.1) is 0 Å². The molecular weight excluding hydrogens is 284 g/mol. The zero-order valence-electron chi connectivity index (χ0n) is 14.9. The van der Waals surface area contributed by atoms with Crippen LogP contribution in [0.25, 0.3) is 0 Å². The highest BCUT2D eigenvalue weighted by molar-refractivity contribution is 5.86. The van der Waals surface area contributed by atoms with E-state index in [1.54, 1.807) is 0 Å². The Morgan fingerprint density at radius 2 is 1.74 bits per heavy atom. The molecule has 1 saturated carbocycles. The SMILES string of the molecule is CCCCCCCOc1ccc([C@@H]2CC[C@@H](CC)CC2=O)cc1. The molecule has 0 unspecified atom stereocenters. The number of hydrogen-bond donors (Lipinski definition) is 0. The zero-order chi connectivity index (χ0) is 16.5. The lowest BCUT2D eigenvalue weighted by Crippen LogP contribution is -2.23. The van der Waals surface area contributed by atoms with Crippen molar-refractivity contribution in [2.24, 2.45) is 5.92 Å². The minimum Gasteiger partial charge on any atom is -0.494 e. The van der Waals surface area contributed by atoms with Crippen LogP contribution in [0, 0.1) is 5.92 Å². The van der Waals surface area contributed by atoms with Crippen LogP contribution in [0.2, 0.25) is 0 Å². The van der Waals surface area contributed by atoms with Crippen LogP contribution in [-0.2, 0) is 4.79 Å². The number of Topliss-reactive ketones (excluding diaryl/α,β-unsaturated/α-hetero) is 1. The summed E-state index contributed by atoms with van der Waals surface area (Å²) in [4.78, 5) is 12.3. The Bertz CT molecular complexity index is 463. The average molecular weight is 316 g/mol. The molecule has 23 heavy (non-hydrogen) atoms. The molecule has 0 aromatic heterocycles. The number of ketones is 1. The highest BCUT2D eigenvalue weighted by Crippen LogP contribution is 2.34. The second-order valence-electron chi connectivity index (χ2n) is 6.91. The molecule has 2 nitrogen and oxygen atoms in total. The lowest BCUT2D eigenvalue weighted by molar-refractivity contribution is -0.123. The number of ether oxygens (including phenoxy) is 1. The molecule has 2 heteroatoms. The molecule has 0 radical (unpaired) electrons. The molecule has 1 aromatic rings. The van der Waals surface area contributed by atoms with E-state index in [1.807, 2.05) is 12.1 Å². The number of hydrogen-bond acceptors (Lipinski definition) is 2. The molecular formula is C21H32O2. The van der Waals surface area contributed by atoms with Gasteiger partial charge in [0.15, 0.2) is 0 Å². The molecule has 1 aliphatic carbocycles. The van der Waals surface area contributed by atoms with Gasteiger partial charge >= 0.3 is 0 Å². The fourth-order valence-corrected chi connectivity index (χ4v) is 3.49. The summed E-state index contributed by atoms with van der Waals surface area (Å²) in [7, 11) is 0. The summed E-state index contributed by atoms with van der Waals surface area (Å²) >= 11 is 0. The van der Waals surface area contributed by atoms with Crippen LogP contribution in [0.15, 0.2) is 24.3 Å². The van der Waals surface area contributed by atoms with E-state index in [4.69, 9.17) is 4.74 Å². The number of unbranched alkanes of at least 4 members (excludes halogenated alkanes) is 4. The van der Waals surface area contributed by atoms with Gasteiger partial charge in [0.2, 0.25) is 0 Å². The Labute approximate surface area is 141 Å². The summed E-state index contributed by atoms with van der Waals surface area (Å²) in [5, 5.41) is 0. The highest BCUT2D eigenvalue weighted by Gasteiger charge is 2.28. The maximum atomic E-state index is 12.3. The van der Waals surface area contributed by atoms with E-state index < -0.39 is 0 Å². The smallest absolute Gasteiger partial charge is 0.140 e. The van der Waals surface area contributed by atoms with Crippen molar-refractivity contribution in [1.29, 1.82) is 0 Å². The van der Waals surface area contributed by atoms with Crippen LogP contribution >= 0.6 is 0 Å². The van der Waals surface area contributed by atoms with Gasteiger partial charge < -0.3 is 4.74 Å². The number of benzene rings is 1. The van der Waals surface area contributed by atoms with E-state index in [9.17, 15) is 4.79 Å². The lowest BCUT2D eigenvalue weighted by atomic mass is 9.77. The zero-order valence-corrected chi connectivity index (χ0v) is 14.9. The topological polar surface area (TPSA) is 26.3 Å². The Hall–Kier alpha value is -1.31. The van der Waals surface area contributed by atoms with E-state index in [0.717, 1.165) is 38.0 Å². The molecule has 0 bridgehead atoms. The first-order chi connectivity index (χ1) is 11.2. The van der Waals surface area contributed by atoms with Crippen LogP contribution < -0.4 is 4.74 Å². The standard InChI is InChI=1S/C21H32O2/c1-3-5-6-7-8-15-23-19-12-10-18(11-13-19)20-14-9-17(4-2)16-21(20)22/h10-13,17,20H,3-9,14-16H2,1-2H3/t17-,20+/m1/s1. The largest absolute Gasteiger partial charge is 0.494 e. The summed E-state index contributed by atoms with van der Waals surface area (Å²) in [6.07, 6.45) is 10.4. The Kier molecular flexibility index (Phi) is 7.64. The molecule has 0 spiro atoms. The van der Waals surface area contributed by atoms with Crippen molar-refractivity contribution in [3.8, 4) is 5.75 Å². The minimum atomic E-state index is 0.112. The molecule has 0 amide bonds. The van der Waals surface area contributed by atoms with Crippen LogP contribution in [-0.4, -0.2) is 12.4 Å². The van der Waals surface area contributed by atoms with Crippen molar-refractivity contribution in [2.75, 3.05) is 6.61 Å². The van der Waals surface area contributed by atoms with Crippen LogP contribution in [0.4, 0.5) is 0 Å². The van der Waals surface area contributed by atoms with E-state index in [2.05, 4.69) is 26.0 Å². The van der Waals surface area contributed by atoms with Crippen molar-refractivity contribution in [2.45, 2.75) is 77.6 Å². The number of rotatable bonds is 9. The predicted octanol–water partition coefficient (Wildman–Crippen LogP) is 5.90. The fourth-order valence-electron chi connectivity index (χ4n) is 3.49. The summed E-state index contributed by atoms with van der Waals surface area (Å²) in [5.41, 5.74) is 1.17. The fraction of sp³-hybridized carbons (Fsp3) is 0.667. The molecule has 1 fully saturated rings. The maximum Gasteiger partial charge on any atom is 0.140 e. The van der Waals surface area contributed by atoms with Gasteiger partial charge in [-0.1, -0.05) is 58.1 Å². The monoisotopic (exact) mass is 316 g/mol. The summed E-state index contributed by atoms with van der Waals surface area (Å²) < 4.78 is 5.80. The van der Waals surface area contributed by atoms with Crippen molar-refractivity contribution >= 4 is 5.78 Å². The van der Waals surface area contributed by atoms with Gasteiger partial charge in [0.1, 0.15) is 11.5 Å². The van der Waals surface area contributed by atoms with Gasteiger partial charge in [-0.2, -0.15) is 0 Å². The van der Waals surface area contributed by atoms with E-state index in [0.29, 0.717) is 11.7 Å². The van der Waals surface area contributed by atoms with Crippen LogP contribution in [0.1, 0.15) is 83.1 Å². The van der Waals surface area contributed by atoms with Gasteiger partial charge in [-0.05, 0) is 42.9 Å². The Morgan fingerprint density at radius 1 is 1.00 bits per heavy atom. The van der Waals surface area contributed by atoms with Gasteiger partial charge in [-0.25, -0.2) is 0 Å². The molecule has 1 aromatic carbocycles. The maximum absolute atomic E-state index is 12.3. The van der Waals surface area contributed by atoms with Crippen molar-refractivity contribution < 1.29 is 9.53 Å². The second-order valence-corrected chi connectivity index (χ2v) is 6.91. The molecule has 2 rings (SSSR count). The van der Waals surface area contributed by atoms with E-state index in [1.165, 1.54) is 37.7 Å². The lowest BCUT2D eigenvalue weighted by Gasteiger charge is -2.27. The predicted molar refractivity (Wildman–Crippen MR) is 96.1 cm³/mol. The van der Waals surface area contributed by atoms with Gasteiger partial charge in [-0.3, -0.25) is 4.79 Å². The first-order valence-electron chi connectivity index (χ1n) is 9.50. The molecule has 0 heterocycles. The molecule has 1 aliphatic rings. The number of carbonyl (C=O) groups is 1. The van der Waals surface area contributed by atoms with E-state index >= 15 is 0 Å². The van der Waals surface area contributed by atoms with Crippen molar-refractivity contribution in [1.82, 2.24) is 0 Å². The molecule has 0 N–H and O–H groups in total. The van der Waals surface area contributed by atoms with Crippen LogP contribution in [0.5, 0.6) is 5.75 Å². The average Bonchev–Trinajstić information content (AvgIpc) is 2.58. The van der Waals surface area contributed by atoms with Crippen molar-refractivity contribution in [3.63, 3.8) is 0 Å². The Morgan fingerprint density at radius 3 is 2.39 bits per heavy atom. The third-order valence-corrected chi connectivity index (χ3v) is 5.12. The first-order valence-corrected chi connectivity index (χ1v) is 9.50. The Balaban J connectivity index is 1.77. The minimum absolute atomic E-state index is 0.112. The van der Waals surface area contributed by atoms with Gasteiger partial charge in [0, 0.05) is 12.3 Å². The summed E-state index contributed by atoms with van der Waals surface area (Å²) in [5.74, 6) is 2.07. The highest BCUT2D eigenvalue weighted by atomic mass is 16.5. The molecule has 2 atom stereocenters. The van der Waals surface area contributed by atoms with Crippen molar-refractivity contribution in [3.05, 3.63) is 29.8 Å². The third kappa shape index (κ3) is 5.67. The third-order valence-electron chi connectivity index (χ3n) is 5.12. The molecule has 0 aliphatic heterocycles. The second kappa shape index (κ2) is 9.75. The summed E-state index contributed by atoms with van der Waals surface area (Å²) in [6.45, 7) is 5.22. The quantitative estimate of drug-likeness (QED) is 0.530. The van der Waals surface area contributed by atoms with Crippen LogP contribution in [0.3, 0.4) is 0 Å². The molecule has 128 valence electrons. The van der Waals surface area contributed by atoms with Gasteiger partial charge in [0.05, 0.1) is 6.61 Å². The summed E-state index contributed by atoms with van der Waals surface area (Å²) in [6, 6.07) is 8.23. The first kappa shape index (κ1) is 18.0. The molecule has 0 saturated heterocycles. The normalized spacial score (nSPS) is 21.4. The van der Waals surface area contributed by atoms with Gasteiger partial charge in [0.25, 0.3) is 0 Å². The van der Waals surface area contributed by atoms with E-state index in [-0.39, 0.29) is 5.92 Å². The number of carbonyl (C=O) groups excluding carboxylic acids is 1.